The van der Waals surface area contributed by atoms with Gasteiger partial charge >= 0.3 is 0 Å². The highest BCUT2D eigenvalue weighted by molar-refractivity contribution is 5.80. The minimum absolute atomic E-state index is 0.797. The molecule has 16 heavy (non-hydrogen) atoms. The van der Waals surface area contributed by atoms with E-state index in [1.54, 1.807) is 0 Å². The Balaban J connectivity index is 2.09. The molecule has 2 nitrogen and oxygen atoms in total. The van der Waals surface area contributed by atoms with Crippen molar-refractivity contribution in [1.29, 1.82) is 0 Å². The van der Waals surface area contributed by atoms with Gasteiger partial charge in [0.2, 0.25) is 0 Å². The summed E-state index contributed by atoms with van der Waals surface area (Å²) >= 11 is 0. The lowest BCUT2D eigenvalue weighted by atomic mass is 10.2. The first-order valence-corrected chi connectivity index (χ1v) is 5.94. The molecule has 0 N–H and O–H groups in total. The number of nitrogens with zero attached hydrogens (tertiary/aromatic N) is 1. The SMILES string of the molecule is CCCOCCn1ccc2ccc(C)cc21. The van der Waals surface area contributed by atoms with Crippen LogP contribution in [0.15, 0.2) is 30.5 Å². The molecule has 1 aromatic heterocycles. The van der Waals surface area contributed by atoms with Crippen molar-refractivity contribution in [2.24, 2.45) is 0 Å². The molecule has 0 unspecified atom stereocenters. The lowest BCUT2D eigenvalue weighted by molar-refractivity contribution is 0.127. The molecular weight excluding hydrogens is 198 g/mol. The Morgan fingerprint density at radius 2 is 2.06 bits per heavy atom. The van der Waals surface area contributed by atoms with E-state index in [9.17, 15) is 0 Å². The molecule has 1 heterocycles. The monoisotopic (exact) mass is 217 g/mol. The van der Waals surface area contributed by atoms with E-state index in [2.05, 4.69) is 48.9 Å². The van der Waals surface area contributed by atoms with Gasteiger partial charge in [-0.3, -0.25) is 0 Å². The summed E-state index contributed by atoms with van der Waals surface area (Å²) in [6, 6.07) is 8.72. The predicted molar refractivity (Wildman–Crippen MR) is 67.8 cm³/mol. The zero-order chi connectivity index (χ0) is 11.4. The smallest absolute Gasteiger partial charge is 0.0645 e. The van der Waals surface area contributed by atoms with E-state index in [-0.39, 0.29) is 0 Å². The van der Waals surface area contributed by atoms with Crippen LogP contribution in [0.25, 0.3) is 10.9 Å². The molecule has 0 aliphatic carbocycles. The Hall–Kier alpha value is -1.28. The Morgan fingerprint density at radius 3 is 2.88 bits per heavy atom. The highest BCUT2D eigenvalue weighted by atomic mass is 16.5. The first-order chi connectivity index (χ1) is 7.81. The van der Waals surface area contributed by atoms with Gasteiger partial charge in [-0.15, -0.1) is 0 Å². The molecule has 2 rings (SSSR count). The highest BCUT2D eigenvalue weighted by Gasteiger charge is 2.00. The van der Waals surface area contributed by atoms with Crippen LogP contribution >= 0.6 is 0 Å². The summed E-state index contributed by atoms with van der Waals surface area (Å²) in [6.07, 6.45) is 3.23. The number of hydrogen-bond acceptors (Lipinski definition) is 1. The fourth-order valence-electron chi connectivity index (χ4n) is 1.90. The molecule has 0 amide bonds. The molecule has 1 aromatic carbocycles. The van der Waals surface area contributed by atoms with Crippen molar-refractivity contribution in [1.82, 2.24) is 4.57 Å². The Bertz CT molecular complexity index is 459. The van der Waals surface area contributed by atoms with Gasteiger partial charge in [-0.25, -0.2) is 0 Å². The van der Waals surface area contributed by atoms with Crippen LogP contribution in [-0.4, -0.2) is 17.8 Å². The lowest BCUT2D eigenvalue weighted by Crippen LogP contribution is -2.05. The average molecular weight is 217 g/mol. The summed E-state index contributed by atoms with van der Waals surface area (Å²) in [5, 5.41) is 1.31. The van der Waals surface area contributed by atoms with Gasteiger partial charge in [0, 0.05) is 24.9 Å². The maximum atomic E-state index is 5.51. The second-order valence-electron chi connectivity index (χ2n) is 4.18. The molecule has 0 bridgehead atoms. The Labute approximate surface area is 96.8 Å². The van der Waals surface area contributed by atoms with E-state index >= 15 is 0 Å². The topological polar surface area (TPSA) is 14.2 Å². The number of aromatic nitrogens is 1. The third-order valence-electron chi connectivity index (χ3n) is 2.75. The highest BCUT2D eigenvalue weighted by Crippen LogP contribution is 2.17. The maximum Gasteiger partial charge on any atom is 0.0645 e. The quantitative estimate of drug-likeness (QED) is 0.700. The summed E-state index contributed by atoms with van der Waals surface area (Å²) < 4.78 is 7.78. The van der Waals surface area contributed by atoms with Crippen LogP contribution in [0.2, 0.25) is 0 Å². The number of hydrogen-bond donors (Lipinski definition) is 0. The van der Waals surface area contributed by atoms with Crippen LogP contribution in [0.3, 0.4) is 0 Å². The Morgan fingerprint density at radius 1 is 1.19 bits per heavy atom. The van der Waals surface area contributed by atoms with Crippen molar-refractivity contribution in [3.63, 3.8) is 0 Å². The van der Waals surface area contributed by atoms with Gasteiger partial charge in [-0.1, -0.05) is 19.1 Å². The Kier molecular flexibility index (Phi) is 3.62. The second-order valence-corrected chi connectivity index (χ2v) is 4.18. The summed E-state index contributed by atoms with van der Waals surface area (Å²) in [7, 11) is 0. The van der Waals surface area contributed by atoms with Crippen molar-refractivity contribution in [3.8, 4) is 0 Å². The van der Waals surface area contributed by atoms with E-state index in [4.69, 9.17) is 4.74 Å². The predicted octanol–water partition coefficient (Wildman–Crippen LogP) is 3.38. The first-order valence-electron chi connectivity index (χ1n) is 5.94. The first kappa shape index (κ1) is 11.2. The number of aryl methyl sites for hydroxylation is 1. The van der Waals surface area contributed by atoms with Gasteiger partial charge in [0.05, 0.1) is 6.61 Å². The van der Waals surface area contributed by atoms with Crippen LogP contribution in [0, 0.1) is 6.92 Å². The van der Waals surface area contributed by atoms with Crippen LogP contribution in [0.4, 0.5) is 0 Å². The van der Waals surface area contributed by atoms with Crippen molar-refractivity contribution < 1.29 is 4.74 Å². The summed E-state index contributed by atoms with van der Waals surface area (Å²) in [4.78, 5) is 0. The second kappa shape index (κ2) is 5.17. The standard InChI is InChI=1S/C14H19NO/c1-3-9-16-10-8-15-7-6-13-5-4-12(2)11-14(13)15/h4-7,11H,3,8-10H2,1-2H3. The third kappa shape index (κ3) is 2.45. The number of rotatable bonds is 5. The van der Waals surface area contributed by atoms with Gasteiger partial charge in [0.15, 0.2) is 0 Å². The molecule has 0 spiro atoms. The fraction of sp³-hybridized carbons (Fsp3) is 0.429. The number of ether oxygens (including phenoxy) is 1. The van der Waals surface area contributed by atoms with Gasteiger partial charge in [0.25, 0.3) is 0 Å². The summed E-state index contributed by atoms with van der Waals surface area (Å²) in [6.45, 7) is 6.86. The van der Waals surface area contributed by atoms with Crippen LogP contribution in [0.5, 0.6) is 0 Å². The van der Waals surface area contributed by atoms with Crippen LogP contribution < -0.4 is 0 Å². The van der Waals surface area contributed by atoms with Gasteiger partial charge < -0.3 is 9.30 Å². The normalized spacial score (nSPS) is 11.1. The van der Waals surface area contributed by atoms with Gasteiger partial charge in [-0.2, -0.15) is 0 Å². The van der Waals surface area contributed by atoms with E-state index in [0.717, 1.165) is 26.2 Å². The van der Waals surface area contributed by atoms with Crippen LogP contribution in [-0.2, 0) is 11.3 Å². The third-order valence-corrected chi connectivity index (χ3v) is 2.75. The van der Waals surface area contributed by atoms with Crippen molar-refractivity contribution in [3.05, 3.63) is 36.0 Å². The fourth-order valence-corrected chi connectivity index (χ4v) is 1.90. The molecule has 0 fully saturated rings. The zero-order valence-electron chi connectivity index (χ0n) is 10.1. The largest absolute Gasteiger partial charge is 0.380 e. The van der Waals surface area contributed by atoms with E-state index < -0.39 is 0 Å². The molecular formula is C14H19NO. The molecule has 2 aromatic rings. The molecule has 0 atom stereocenters. The van der Waals surface area contributed by atoms with Crippen molar-refractivity contribution >= 4 is 10.9 Å². The van der Waals surface area contributed by atoms with Gasteiger partial charge in [-0.05, 0) is 36.4 Å². The van der Waals surface area contributed by atoms with E-state index in [1.165, 1.54) is 16.5 Å². The number of fused-ring (bicyclic) bond motifs is 1. The minimum atomic E-state index is 0.797. The lowest BCUT2D eigenvalue weighted by Gasteiger charge is -2.06. The van der Waals surface area contributed by atoms with E-state index in [1.807, 2.05) is 0 Å². The number of benzene rings is 1. The summed E-state index contributed by atoms with van der Waals surface area (Å²) in [5.74, 6) is 0. The van der Waals surface area contributed by atoms with Gasteiger partial charge in [0.1, 0.15) is 0 Å². The summed E-state index contributed by atoms with van der Waals surface area (Å²) in [5.41, 5.74) is 2.61. The molecule has 0 saturated heterocycles. The molecule has 86 valence electrons. The molecule has 0 aliphatic heterocycles. The molecule has 0 radical (unpaired) electrons. The molecule has 0 aliphatic rings. The van der Waals surface area contributed by atoms with Crippen molar-refractivity contribution in [2.45, 2.75) is 26.8 Å². The molecule has 2 heteroatoms. The van der Waals surface area contributed by atoms with Crippen molar-refractivity contribution in [2.75, 3.05) is 13.2 Å². The van der Waals surface area contributed by atoms with E-state index in [0.29, 0.717) is 0 Å². The molecule has 0 saturated carbocycles. The minimum Gasteiger partial charge on any atom is -0.380 e. The zero-order valence-corrected chi connectivity index (χ0v) is 10.1. The average Bonchev–Trinajstić information content (AvgIpc) is 2.67. The maximum absolute atomic E-state index is 5.51. The van der Waals surface area contributed by atoms with Crippen LogP contribution in [0.1, 0.15) is 18.9 Å².